The molecule has 0 amide bonds. The molecular formula is C7H11N5O2. The molecule has 1 aliphatic rings. The first-order valence-corrected chi connectivity index (χ1v) is 4.51. The second-order valence-electron chi connectivity index (χ2n) is 3.22. The second-order valence-corrected chi connectivity index (χ2v) is 3.22. The van der Waals surface area contributed by atoms with Crippen molar-refractivity contribution in [3.05, 3.63) is 5.82 Å². The zero-order valence-electron chi connectivity index (χ0n) is 7.55. The van der Waals surface area contributed by atoms with Crippen molar-refractivity contribution in [2.75, 3.05) is 13.1 Å². The Bertz CT molecular complexity index is 331. The Kier molecular flexibility index (Phi) is 2.40. The Hall–Kier alpha value is -1.50. The maximum absolute atomic E-state index is 10.5. The summed E-state index contributed by atoms with van der Waals surface area (Å²) in [6.45, 7) is 1.82. The molecule has 0 unspecified atom stereocenters. The molecule has 7 heteroatoms. The molecule has 0 saturated carbocycles. The third-order valence-electron chi connectivity index (χ3n) is 2.25. The first-order chi connectivity index (χ1) is 6.77. The Morgan fingerprint density at radius 3 is 2.79 bits per heavy atom. The van der Waals surface area contributed by atoms with E-state index in [2.05, 4.69) is 20.7 Å². The van der Waals surface area contributed by atoms with Gasteiger partial charge in [-0.05, 0) is 31.1 Å². The lowest BCUT2D eigenvalue weighted by Gasteiger charge is -2.20. The lowest BCUT2D eigenvalue weighted by atomic mass is 10.1. The van der Waals surface area contributed by atoms with Crippen molar-refractivity contribution in [3.63, 3.8) is 0 Å². The number of rotatable bonds is 2. The number of tetrazole rings is 1. The highest BCUT2D eigenvalue weighted by atomic mass is 16.4. The molecule has 1 aromatic rings. The van der Waals surface area contributed by atoms with Gasteiger partial charge in [0, 0.05) is 0 Å². The van der Waals surface area contributed by atoms with Crippen molar-refractivity contribution in [3.8, 4) is 0 Å². The van der Waals surface area contributed by atoms with Crippen molar-refractivity contribution >= 4 is 5.97 Å². The molecule has 1 saturated heterocycles. The molecule has 1 fully saturated rings. The van der Waals surface area contributed by atoms with E-state index in [-0.39, 0.29) is 11.9 Å². The smallest absolute Gasteiger partial charge is 0.377 e. The molecule has 14 heavy (non-hydrogen) atoms. The normalized spacial score (nSPS) is 18.3. The average molecular weight is 197 g/mol. The highest BCUT2D eigenvalue weighted by Gasteiger charge is 2.19. The van der Waals surface area contributed by atoms with Gasteiger partial charge in [0.2, 0.25) is 0 Å². The number of nitrogens with one attached hydrogen (secondary N) is 1. The third-order valence-corrected chi connectivity index (χ3v) is 2.25. The van der Waals surface area contributed by atoms with Crippen LogP contribution in [0.1, 0.15) is 29.5 Å². The quantitative estimate of drug-likeness (QED) is 0.651. The monoisotopic (exact) mass is 197 g/mol. The first kappa shape index (κ1) is 9.07. The van der Waals surface area contributed by atoms with Crippen LogP contribution in [0.15, 0.2) is 0 Å². The Morgan fingerprint density at radius 1 is 1.50 bits per heavy atom. The molecule has 0 aromatic carbocycles. The van der Waals surface area contributed by atoms with Crippen molar-refractivity contribution in [2.24, 2.45) is 0 Å². The molecule has 2 N–H and O–H groups in total. The summed E-state index contributed by atoms with van der Waals surface area (Å²) in [5.74, 6) is -1.37. The molecule has 0 atom stereocenters. The van der Waals surface area contributed by atoms with Crippen LogP contribution in [0.2, 0.25) is 0 Å². The molecule has 0 spiro atoms. The molecule has 1 aromatic heterocycles. The summed E-state index contributed by atoms with van der Waals surface area (Å²) in [5, 5.41) is 22.8. The van der Waals surface area contributed by atoms with Gasteiger partial charge in [-0.3, -0.25) is 0 Å². The topological polar surface area (TPSA) is 92.9 Å². The van der Waals surface area contributed by atoms with Crippen LogP contribution in [-0.4, -0.2) is 44.4 Å². The van der Waals surface area contributed by atoms with Gasteiger partial charge < -0.3 is 10.4 Å². The standard InChI is InChI=1S/C7H11N5O2/c13-7(14)6-9-11-12(10-6)5-1-3-8-4-2-5/h5,8H,1-4H2,(H,13,14). The number of hydrogen-bond acceptors (Lipinski definition) is 5. The minimum absolute atomic E-state index is 0.178. The summed E-state index contributed by atoms with van der Waals surface area (Å²) in [5.41, 5.74) is 0. The minimum atomic E-state index is -1.13. The van der Waals surface area contributed by atoms with Gasteiger partial charge in [-0.2, -0.15) is 4.80 Å². The largest absolute Gasteiger partial charge is 0.475 e. The van der Waals surface area contributed by atoms with E-state index >= 15 is 0 Å². The van der Waals surface area contributed by atoms with Crippen LogP contribution in [0.3, 0.4) is 0 Å². The van der Waals surface area contributed by atoms with E-state index in [0.717, 1.165) is 25.9 Å². The zero-order chi connectivity index (χ0) is 9.97. The zero-order valence-corrected chi connectivity index (χ0v) is 7.55. The van der Waals surface area contributed by atoms with Gasteiger partial charge in [-0.25, -0.2) is 4.79 Å². The molecule has 76 valence electrons. The van der Waals surface area contributed by atoms with E-state index < -0.39 is 5.97 Å². The number of piperidine rings is 1. The van der Waals surface area contributed by atoms with E-state index in [1.165, 1.54) is 4.80 Å². The highest BCUT2D eigenvalue weighted by Crippen LogP contribution is 2.15. The van der Waals surface area contributed by atoms with Gasteiger partial charge >= 0.3 is 5.97 Å². The SMILES string of the molecule is O=C(O)c1nnn(C2CCNCC2)n1. The summed E-state index contributed by atoms with van der Waals surface area (Å²) < 4.78 is 0. The van der Waals surface area contributed by atoms with Crippen LogP contribution in [0, 0.1) is 0 Å². The molecule has 2 rings (SSSR count). The summed E-state index contributed by atoms with van der Waals surface area (Å²) >= 11 is 0. The van der Waals surface area contributed by atoms with E-state index in [4.69, 9.17) is 5.11 Å². The Labute approximate surface area is 80.1 Å². The van der Waals surface area contributed by atoms with Gasteiger partial charge in [-0.15, -0.1) is 10.2 Å². The predicted molar refractivity (Wildman–Crippen MR) is 45.9 cm³/mol. The van der Waals surface area contributed by atoms with Gasteiger partial charge in [0.15, 0.2) is 0 Å². The van der Waals surface area contributed by atoms with E-state index in [0.29, 0.717) is 0 Å². The maximum atomic E-state index is 10.5. The molecule has 0 aliphatic carbocycles. The third kappa shape index (κ3) is 1.72. The number of aromatic nitrogens is 4. The van der Waals surface area contributed by atoms with Crippen LogP contribution in [0.5, 0.6) is 0 Å². The minimum Gasteiger partial charge on any atom is -0.475 e. The summed E-state index contributed by atoms with van der Waals surface area (Å²) in [6.07, 6.45) is 1.82. The van der Waals surface area contributed by atoms with Gasteiger partial charge in [0.1, 0.15) is 0 Å². The first-order valence-electron chi connectivity index (χ1n) is 4.51. The molecule has 0 bridgehead atoms. The highest BCUT2D eigenvalue weighted by molar-refractivity contribution is 5.82. The second kappa shape index (κ2) is 3.70. The van der Waals surface area contributed by atoms with Crippen LogP contribution >= 0.6 is 0 Å². The maximum Gasteiger partial charge on any atom is 0.377 e. The molecular weight excluding hydrogens is 186 g/mol. The fourth-order valence-corrected chi connectivity index (χ4v) is 1.50. The Balaban J connectivity index is 2.11. The summed E-state index contributed by atoms with van der Waals surface area (Å²) in [6, 6.07) is 0.178. The van der Waals surface area contributed by atoms with Gasteiger partial charge in [0.05, 0.1) is 6.04 Å². The van der Waals surface area contributed by atoms with Gasteiger partial charge in [0.25, 0.3) is 5.82 Å². The van der Waals surface area contributed by atoms with Crippen molar-refractivity contribution < 1.29 is 9.90 Å². The predicted octanol–water partition coefficient (Wildman–Crippen LogP) is -0.704. The summed E-state index contributed by atoms with van der Waals surface area (Å²) in [4.78, 5) is 11.9. The van der Waals surface area contributed by atoms with Crippen molar-refractivity contribution in [2.45, 2.75) is 18.9 Å². The fraction of sp³-hybridized carbons (Fsp3) is 0.714. The molecule has 2 heterocycles. The number of carboxylic acids is 1. The van der Waals surface area contributed by atoms with Crippen LogP contribution in [0.4, 0.5) is 0 Å². The van der Waals surface area contributed by atoms with Gasteiger partial charge in [-0.1, -0.05) is 0 Å². The van der Waals surface area contributed by atoms with Crippen molar-refractivity contribution in [1.29, 1.82) is 0 Å². The number of carbonyl (C=O) groups is 1. The van der Waals surface area contributed by atoms with Crippen LogP contribution in [-0.2, 0) is 0 Å². The molecule has 1 aliphatic heterocycles. The number of aromatic carboxylic acids is 1. The number of hydrogen-bond donors (Lipinski definition) is 2. The lowest BCUT2D eigenvalue weighted by Crippen LogP contribution is -2.30. The molecule has 7 nitrogen and oxygen atoms in total. The van der Waals surface area contributed by atoms with Crippen LogP contribution in [0.25, 0.3) is 0 Å². The summed E-state index contributed by atoms with van der Waals surface area (Å²) in [7, 11) is 0. The van der Waals surface area contributed by atoms with E-state index in [1.54, 1.807) is 0 Å². The fourth-order valence-electron chi connectivity index (χ4n) is 1.50. The van der Waals surface area contributed by atoms with E-state index in [9.17, 15) is 4.79 Å². The lowest BCUT2D eigenvalue weighted by molar-refractivity contribution is 0.0682. The average Bonchev–Trinajstić information content (AvgIpc) is 2.68. The number of nitrogens with zero attached hydrogens (tertiary/aromatic N) is 4. The number of carboxylic acid groups (broad SMARTS) is 1. The molecule has 0 radical (unpaired) electrons. The van der Waals surface area contributed by atoms with Crippen LogP contribution < -0.4 is 5.32 Å². The van der Waals surface area contributed by atoms with E-state index in [1.807, 2.05) is 0 Å². The van der Waals surface area contributed by atoms with Crippen molar-refractivity contribution in [1.82, 2.24) is 25.5 Å². The Morgan fingerprint density at radius 2 is 2.21 bits per heavy atom.